The molecule has 2 rings (SSSR count). The molecule has 2 aliphatic rings. The number of hydrogen-bond acceptors (Lipinski definition) is 10. The lowest BCUT2D eigenvalue weighted by atomic mass is 9.72. The van der Waals surface area contributed by atoms with E-state index in [4.69, 9.17) is 9.47 Å². The fourth-order valence-electron chi connectivity index (χ4n) is 5.39. The highest BCUT2D eigenvalue weighted by molar-refractivity contribution is 6.13. The number of nitrogens with one attached hydrogen (secondary N) is 2. The van der Waals surface area contributed by atoms with Crippen molar-refractivity contribution in [3.05, 3.63) is 24.3 Å². The van der Waals surface area contributed by atoms with Crippen LogP contribution in [0, 0.1) is 5.41 Å². The molecule has 0 unspecified atom stereocenters. The summed E-state index contributed by atoms with van der Waals surface area (Å²) in [6.07, 6.45) is 11.0. The first-order valence-corrected chi connectivity index (χ1v) is 15.7. The molecule has 0 radical (unpaired) electrons. The van der Waals surface area contributed by atoms with Crippen molar-refractivity contribution in [3.8, 4) is 0 Å². The largest absolute Gasteiger partial charge is 0.396 e. The fourth-order valence-corrected chi connectivity index (χ4v) is 5.39. The third kappa shape index (κ3) is 14.5. The van der Waals surface area contributed by atoms with Crippen LogP contribution >= 0.6 is 0 Å². The molecule has 6 amide bonds. The van der Waals surface area contributed by atoms with Gasteiger partial charge in [0, 0.05) is 89.8 Å². The zero-order valence-corrected chi connectivity index (χ0v) is 26.0. The van der Waals surface area contributed by atoms with Gasteiger partial charge in [-0.05, 0) is 56.8 Å². The van der Waals surface area contributed by atoms with Crippen molar-refractivity contribution in [3.63, 3.8) is 0 Å². The maximum absolute atomic E-state index is 12.0. The number of carbonyl (C=O) groups excluding carboxylic acids is 6. The van der Waals surface area contributed by atoms with E-state index in [0.717, 1.165) is 48.3 Å². The molecule has 0 spiro atoms. The summed E-state index contributed by atoms with van der Waals surface area (Å²) in [6, 6.07) is 0. The Kier molecular flexibility index (Phi) is 17.9. The molecule has 252 valence electrons. The highest BCUT2D eigenvalue weighted by Crippen LogP contribution is 2.39. The first-order valence-electron chi connectivity index (χ1n) is 15.7. The standard InChI is InChI=1S/C31H48N4O10/c36-19-1-11-31(12-2-20-37,13-3-21-44-23-15-32-25(38)9-17-34-27(40)5-6-28(34)41)14-4-22-45-24-16-33-26(39)10-18-35-29(42)7-8-30(35)43/h5-8,36-37H,1-4,9-24H2,(H,32,38)(H,33,39). The van der Waals surface area contributed by atoms with Gasteiger partial charge >= 0.3 is 0 Å². The van der Waals surface area contributed by atoms with Crippen LogP contribution in [0.15, 0.2) is 24.3 Å². The molecule has 0 aliphatic carbocycles. The summed E-state index contributed by atoms with van der Waals surface area (Å²) in [5, 5.41) is 24.4. The molecule has 4 N–H and O–H groups in total. The zero-order valence-electron chi connectivity index (χ0n) is 26.0. The Labute approximate surface area is 264 Å². The normalized spacial score (nSPS) is 14.7. The number of aliphatic hydroxyl groups excluding tert-OH is 2. The fraction of sp³-hybridized carbons (Fsp3) is 0.677. The van der Waals surface area contributed by atoms with Gasteiger partial charge in [-0.3, -0.25) is 38.6 Å². The number of amides is 6. The van der Waals surface area contributed by atoms with Crippen LogP contribution in [0.25, 0.3) is 0 Å². The molecule has 0 fully saturated rings. The minimum Gasteiger partial charge on any atom is -0.396 e. The first kappa shape index (κ1) is 37.7. The predicted molar refractivity (Wildman–Crippen MR) is 162 cm³/mol. The summed E-state index contributed by atoms with van der Waals surface area (Å²) in [5.74, 6) is -2.20. The van der Waals surface area contributed by atoms with Crippen LogP contribution in [0.2, 0.25) is 0 Å². The minimum absolute atomic E-state index is 0.0268. The van der Waals surface area contributed by atoms with Crippen molar-refractivity contribution in [2.75, 3.05) is 65.8 Å². The SMILES string of the molecule is O=C(CCN1C(=O)C=CC1=O)NCCOCCCC(CCCO)(CCCO)CCCOCCNC(=O)CCN1C(=O)C=CC1=O. The Hall–Kier alpha value is -3.46. The van der Waals surface area contributed by atoms with E-state index in [0.29, 0.717) is 52.4 Å². The average Bonchev–Trinajstić information content (AvgIpc) is 3.53. The third-order valence-corrected chi connectivity index (χ3v) is 7.79. The van der Waals surface area contributed by atoms with E-state index in [1.54, 1.807) is 0 Å². The van der Waals surface area contributed by atoms with E-state index >= 15 is 0 Å². The van der Waals surface area contributed by atoms with Gasteiger partial charge in [0.25, 0.3) is 23.6 Å². The molecule has 0 aromatic rings. The highest BCUT2D eigenvalue weighted by Gasteiger charge is 2.28. The molecular formula is C31H48N4O10. The molecule has 14 heteroatoms. The Balaban J connectivity index is 1.61. The van der Waals surface area contributed by atoms with E-state index in [2.05, 4.69) is 10.6 Å². The Morgan fingerprint density at radius 3 is 1.31 bits per heavy atom. The number of imide groups is 2. The van der Waals surface area contributed by atoms with Gasteiger partial charge in [-0.15, -0.1) is 0 Å². The molecule has 0 atom stereocenters. The molecule has 0 saturated heterocycles. The van der Waals surface area contributed by atoms with Gasteiger partial charge in [-0.2, -0.15) is 0 Å². The summed E-state index contributed by atoms with van der Waals surface area (Å²) in [6.45, 7) is 2.49. The number of aliphatic hydroxyl groups is 2. The van der Waals surface area contributed by atoms with E-state index < -0.39 is 23.6 Å². The van der Waals surface area contributed by atoms with Crippen LogP contribution in [0.4, 0.5) is 0 Å². The molecule has 0 bridgehead atoms. The van der Waals surface area contributed by atoms with Crippen molar-refractivity contribution in [1.29, 1.82) is 0 Å². The smallest absolute Gasteiger partial charge is 0.253 e. The summed E-state index contributed by atoms with van der Waals surface area (Å²) >= 11 is 0. The zero-order chi connectivity index (χ0) is 32.9. The van der Waals surface area contributed by atoms with Crippen molar-refractivity contribution in [1.82, 2.24) is 20.4 Å². The Morgan fingerprint density at radius 1 is 0.600 bits per heavy atom. The quantitative estimate of drug-likeness (QED) is 0.0741. The molecule has 14 nitrogen and oxygen atoms in total. The lowest BCUT2D eigenvalue weighted by molar-refractivity contribution is -0.139. The maximum Gasteiger partial charge on any atom is 0.253 e. The van der Waals surface area contributed by atoms with Gasteiger partial charge in [0.1, 0.15) is 0 Å². The minimum atomic E-state index is -0.414. The van der Waals surface area contributed by atoms with E-state index in [9.17, 15) is 39.0 Å². The molecule has 2 heterocycles. The van der Waals surface area contributed by atoms with Gasteiger partial charge in [0.2, 0.25) is 11.8 Å². The third-order valence-electron chi connectivity index (χ3n) is 7.79. The summed E-state index contributed by atoms with van der Waals surface area (Å²) in [4.78, 5) is 72.3. The lowest BCUT2D eigenvalue weighted by Crippen LogP contribution is -2.35. The van der Waals surface area contributed by atoms with Crippen LogP contribution in [-0.2, 0) is 38.2 Å². The van der Waals surface area contributed by atoms with Crippen LogP contribution < -0.4 is 10.6 Å². The van der Waals surface area contributed by atoms with Crippen molar-refractivity contribution in [2.24, 2.45) is 5.41 Å². The number of rotatable bonds is 26. The van der Waals surface area contributed by atoms with Gasteiger partial charge in [0.05, 0.1) is 13.2 Å². The highest BCUT2D eigenvalue weighted by atomic mass is 16.5. The number of carbonyl (C=O) groups is 6. The van der Waals surface area contributed by atoms with Crippen molar-refractivity contribution < 1.29 is 48.5 Å². The molecule has 2 aliphatic heterocycles. The number of nitrogens with zero attached hydrogens (tertiary/aromatic N) is 2. The Morgan fingerprint density at radius 2 is 0.956 bits per heavy atom. The summed E-state index contributed by atoms with van der Waals surface area (Å²) in [5.41, 5.74) is -0.0841. The predicted octanol–water partition coefficient (Wildman–Crippen LogP) is -0.0260. The number of hydrogen-bond donors (Lipinski definition) is 4. The van der Waals surface area contributed by atoms with Crippen LogP contribution in [0.3, 0.4) is 0 Å². The molecule has 45 heavy (non-hydrogen) atoms. The Bertz CT molecular complexity index is 943. The molecular weight excluding hydrogens is 588 g/mol. The van der Waals surface area contributed by atoms with Gasteiger partial charge in [-0.1, -0.05) is 0 Å². The van der Waals surface area contributed by atoms with Crippen molar-refractivity contribution >= 4 is 35.4 Å². The molecule has 0 aromatic carbocycles. The maximum atomic E-state index is 12.0. The first-order chi connectivity index (χ1) is 21.7. The van der Waals surface area contributed by atoms with Gasteiger partial charge < -0.3 is 30.3 Å². The van der Waals surface area contributed by atoms with Crippen LogP contribution in [0.1, 0.15) is 64.2 Å². The molecule has 0 saturated carbocycles. The molecule has 0 aromatic heterocycles. The second kappa shape index (κ2) is 21.3. The summed E-state index contributed by atoms with van der Waals surface area (Å²) in [7, 11) is 0. The average molecular weight is 637 g/mol. The van der Waals surface area contributed by atoms with Gasteiger partial charge in [-0.25, -0.2) is 0 Å². The monoisotopic (exact) mass is 636 g/mol. The second-order valence-corrected chi connectivity index (χ2v) is 11.1. The second-order valence-electron chi connectivity index (χ2n) is 11.1. The topological polar surface area (TPSA) is 192 Å². The van der Waals surface area contributed by atoms with E-state index in [-0.39, 0.29) is 56.4 Å². The van der Waals surface area contributed by atoms with Crippen molar-refractivity contribution in [2.45, 2.75) is 64.2 Å². The van der Waals surface area contributed by atoms with E-state index in [1.807, 2.05) is 0 Å². The van der Waals surface area contributed by atoms with Crippen LogP contribution in [-0.4, -0.2) is 121 Å². The summed E-state index contributed by atoms with van der Waals surface area (Å²) < 4.78 is 11.4. The number of ether oxygens (including phenoxy) is 2. The van der Waals surface area contributed by atoms with Crippen LogP contribution in [0.5, 0.6) is 0 Å². The lowest BCUT2D eigenvalue weighted by Gasteiger charge is -2.34. The van der Waals surface area contributed by atoms with Gasteiger partial charge in [0.15, 0.2) is 0 Å². The van der Waals surface area contributed by atoms with E-state index in [1.165, 1.54) is 24.3 Å².